The van der Waals surface area contributed by atoms with Crippen molar-refractivity contribution in [2.75, 3.05) is 31.5 Å². The lowest BCUT2D eigenvalue weighted by Gasteiger charge is -2.43. The van der Waals surface area contributed by atoms with Crippen LogP contribution in [0.4, 0.5) is 10.6 Å². The third-order valence-corrected chi connectivity index (χ3v) is 10.6. The van der Waals surface area contributed by atoms with Gasteiger partial charge in [0.25, 0.3) is 0 Å². The molecule has 1 aliphatic heterocycles. The number of aliphatic hydroxyl groups excluding tert-OH is 2. The molecule has 2 aromatic heterocycles. The maximum absolute atomic E-state index is 13.1. The average molecular weight is 756 g/mol. The second-order valence-corrected chi connectivity index (χ2v) is 15.5. The summed E-state index contributed by atoms with van der Waals surface area (Å²) in [7, 11) is 0. The Morgan fingerprint density at radius 1 is 0.927 bits per heavy atom. The summed E-state index contributed by atoms with van der Waals surface area (Å²) in [6.07, 6.45) is 2.86. The first kappa shape index (κ1) is 40.0. The predicted octanol–water partition coefficient (Wildman–Crippen LogP) is 4.45. The fourth-order valence-corrected chi connectivity index (χ4v) is 7.90. The fraction of sp³-hybridized carbons (Fsp3) is 0.537. The zero-order chi connectivity index (χ0) is 39.0. The van der Waals surface area contributed by atoms with Crippen molar-refractivity contribution in [3.63, 3.8) is 0 Å². The number of carbonyl (C=O) groups is 2. The zero-order valence-corrected chi connectivity index (χ0v) is 32.4. The molecule has 0 unspecified atom stereocenters. The first-order chi connectivity index (χ1) is 26.5. The van der Waals surface area contributed by atoms with Crippen molar-refractivity contribution in [3.05, 3.63) is 83.9 Å². The minimum absolute atomic E-state index is 0.00953. The van der Waals surface area contributed by atoms with Crippen LogP contribution in [0, 0.1) is 0 Å². The summed E-state index contributed by atoms with van der Waals surface area (Å²) < 4.78 is 7.63. The Hall–Kier alpha value is -4.63. The molecule has 1 aliphatic carbocycles. The molecular weight excluding hydrogens is 699 g/mol. The van der Waals surface area contributed by atoms with Gasteiger partial charge in [-0.05, 0) is 51.7 Å². The molecule has 2 aromatic carbocycles. The third-order valence-electron chi connectivity index (χ3n) is 10.6. The second-order valence-electron chi connectivity index (χ2n) is 15.5. The second kappa shape index (κ2) is 18.3. The van der Waals surface area contributed by atoms with Crippen LogP contribution in [0.5, 0.6) is 0 Å². The molecule has 0 radical (unpaired) electrons. The molecule has 296 valence electrons. The van der Waals surface area contributed by atoms with Crippen molar-refractivity contribution in [2.45, 2.75) is 115 Å². The van der Waals surface area contributed by atoms with Gasteiger partial charge in [-0.2, -0.15) is 0 Å². The molecule has 4 aromatic rings. The van der Waals surface area contributed by atoms with Gasteiger partial charge in [-0.3, -0.25) is 14.3 Å². The predicted molar refractivity (Wildman–Crippen MR) is 211 cm³/mol. The van der Waals surface area contributed by atoms with Crippen molar-refractivity contribution in [1.82, 2.24) is 40.4 Å². The lowest BCUT2D eigenvalue weighted by molar-refractivity contribution is -0.125. The molecule has 55 heavy (non-hydrogen) atoms. The van der Waals surface area contributed by atoms with Gasteiger partial charge in [0.05, 0.1) is 25.4 Å². The van der Waals surface area contributed by atoms with Crippen LogP contribution in [-0.4, -0.2) is 103 Å². The number of urea groups is 1. The minimum atomic E-state index is -1.35. The molecule has 3 amide bonds. The molecule has 14 heteroatoms. The highest BCUT2D eigenvalue weighted by molar-refractivity contribution is 5.83. The monoisotopic (exact) mass is 755 g/mol. The molecule has 2 aliphatic rings. The van der Waals surface area contributed by atoms with E-state index in [1.165, 1.54) is 38.4 Å². The van der Waals surface area contributed by atoms with E-state index >= 15 is 0 Å². The van der Waals surface area contributed by atoms with Crippen molar-refractivity contribution >= 4 is 28.9 Å². The van der Waals surface area contributed by atoms with Gasteiger partial charge in [-0.1, -0.05) is 79.9 Å². The summed E-state index contributed by atoms with van der Waals surface area (Å²) in [6.45, 7) is 10.7. The number of imidazole rings is 1. The Balaban J connectivity index is 1.22. The Kier molecular flexibility index (Phi) is 13.4. The first-order valence-corrected chi connectivity index (χ1v) is 19.7. The highest BCUT2D eigenvalue weighted by Gasteiger charge is 2.45. The van der Waals surface area contributed by atoms with Gasteiger partial charge in [0, 0.05) is 43.7 Å². The maximum atomic E-state index is 13.1. The number of rotatable bonds is 15. The molecule has 1 saturated heterocycles. The zero-order valence-electron chi connectivity index (χ0n) is 32.4. The van der Waals surface area contributed by atoms with E-state index in [-0.39, 0.29) is 36.4 Å². The van der Waals surface area contributed by atoms with Crippen LogP contribution in [0.2, 0.25) is 0 Å². The summed E-state index contributed by atoms with van der Waals surface area (Å²) in [6, 6.07) is 20.6. The number of fused-ring (bicyclic) bond motifs is 1. The average Bonchev–Trinajstić information content (AvgIpc) is 3.72. The molecule has 6 N–H and O–H groups in total. The Morgan fingerprint density at radius 2 is 1.60 bits per heavy atom. The quantitative estimate of drug-likeness (QED) is 0.102. The number of nitrogens with one attached hydrogen (secondary N) is 4. The van der Waals surface area contributed by atoms with Crippen LogP contribution < -0.4 is 21.3 Å². The SMILES string of the molecule is CCNC(=O)C[C@@H]1O[C@@H](n2cnc3c(NCC(c4ccccc4)c4ccccc4)nc(CNC(=O)NCCN(C4CCCCC4)C(C)(C)C)nc32)[C@H](O)[C@@H]1O. The molecule has 14 nitrogen and oxygen atoms in total. The number of aliphatic hydroxyl groups is 2. The van der Waals surface area contributed by atoms with Gasteiger partial charge in [-0.25, -0.2) is 19.7 Å². The van der Waals surface area contributed by atoms with Crippen LogP contribution in [0.25, 0.3) is 11.2 Å². The van der Waals surface area contributed by atoms with Crippen molar-refractivity contribution in [1.29, 1.82) is 0 Å². The summed E-state index contributed by atoms with van der Waals surface area (Å²) >= 11 is 0. The van der Waals surface area contributed by atoms with Gasteiger partial charge in [0.15, 0.2) is 29.0 Å². The Bertz CT molecular complexity index is 1810. The number of aromatic nitrogens is 4. The van der Waals surface area contributed by atoms with Crippen LogP contribution in [0.1, 0.15) is 95.3 Å². The van der Waals surface area contributed by atoms with E-state index in [9.17, 15) is 19.8 Å². The van der Waals surface area contributed by atoms with E-state index in [4.69, 9.17) is 14.7 Å². The molecule has 0 spiro atoms. The van der Waals surface area contributed by atoms with Gasteiger partial charge >= 0.3 is 6.03 Å². The van der Waals surface area contributed by atoms with Crippen LogP contribution in [-0.2, 0) is 16.1 Å². The summed E-state index contributed by atoms with van der Waals surface area (Å²) in [5, 5.41) is 34.1. The van der Waals surface area contributed by atoms with E-state index in [1.807, 2.05) is 36.4 Å². The number of nitrogens with zero attached hydrogens (tertiary/aromatic N) is 5. The molecule has 4 atom stereocenters. The van der Waals surface area contributed by atoms with E-state index in [2.05, 4.69) is 76.2 Å². The summed E-state index contributed by atoms with van der Waals surface area (Å²) in [5.74, 6) is 0.446. The van der Waals surface area contributed by atoms with Crippen LogP contribution >= 0.6 is 0 Å². The van der Waals surface area contributed by atoms with Gasteiger partial charge in [0.2, 0.25) is 5.91 Å². The first-order valence-electron chi connectivity index (χ1n) is 19.7. The molecular formula is C41H57N9O5. The normalized spacial score (nSPS) is 20.6. The Morgan fingerprint density at radius 3 is 2.24 bits per heavy atom. The lowest BCUT2D eigenvalue weighted by atomic mass is 9.90. The third kappa shape index (κ3) is 9.98. The number of hydrogen-bond donors (Lipinski definition) is 6. The van der Waals surface area contributed by atoms with E-state index in [1.54, 1.807) is 11.5 Å². The standard InChI is InChI=1S/C41H57N9O5/c1-5-42-33(51)23-31-35(52)36(53)39(55-31)49-26-46-34-37(44-24-30(27-15-9-6-10-16-27)28-17-11-7-12-18-28)47-32(48-38(34)49)25-45-40(54)43-21-22-50(41(2,3)4)29-19-13-8-14-20-29/h6-7,9-12,15-18,26,29-31,35-36,39,52-53H,5,8,13-14,19-25H2,1-4H3,(H,42,51)(H2,43,45,54)(H,44,47,48)/t31-,35+,36+,39+/m0/s1. The van der Waals surface area contributed by atoms with Gasteiger partial charge in [0.1, 0.15) is 12.2 Å². The molecule has 2 fully saturated rings. The summed E-state index contributed by atoms with van der Waals surface area (Å²) in [4.78, 5) is 42.2. The Labute approximate surface area is 323 Å². The molecule has 3 heterocycles. The molecule has 0 bridgehead atoms. The number of benzene rings is 2. The lowest BCUT2D eigenvalue weighted by Crippen LogP contribution is -2.52. The van der Waals surface area contributed by atoms with Crippen LogP contribution in [0.3, 0.4) is 0 Å². The highest BCUT2D eigenvalue weighted by Crippen LogP contribution is 2.34. The van der Waals surface area contributed by atoms with Crippen molar-refractivity contribution < 1.29 is 24.5 Å². The number of carbonyl (C=O) groups excluding carboxylic acids is 2. The number of hydrogen-bond acceptors (Lipinski definition) is 10. The highest BCUT2D eigenvalue weighted by atomic mass is 16.6. The number of amides is 3. The number of anilines is 1. The van der Waals surface area contributed by atoms with Crippen molar-refractivity contribution in [2.24, 2.45) is 0 Å². The van der Waals surface area contributed by atoms with E-state index < -0.39 is 24.5 Å². The van der Waals surface area contributed by atoms with E-state index in [0.717, 1.165) is 17.7 Å². The number of ether oxygens (including phenoxy) is 1. The maximum Gasteiger partial charge on any atom is 0.315 e. The van der Waals surface area contributed by atoms with Gasteiger partial charge in [-0.15, -0.1) is 0 Å². The van der Waals surface area contributed by atoms with Crippen LogP contribution in [0.15, 0.2) is 67.0 Å². The van der Waals surface area contributed by atoms with E-state index in [0.29, 0.717) is 48.5 Å². The van der Waals surface area contributed by atoms with Gasteiger partial charge < -0.3 is 36.2 Å². The summed E-state index contributed by atoms with van der Waals surface area (Å²) in [5.41, 5.74) is 3.01. The smallest absolute Gasteiger partial charge is 0.315 e. The van der Waals surface area contributed by atoms with Crippen molar-refractivity contribution in [3.8, 4) is 0 Å². The molecule has 6 rings (SSSR count). The topological polar surface area (TPSA) is 179 Å². The largest absolute Gasteiger partial charge is 0.388 e. The minimum Gasteiger partial charge on any atom is -0.388 e. The molecule has 1 saturated carbocycles. The fourth-order valence-electron chi connectivity index (χ4n) is 7.90.